The number of halogens is 2. The number of nitrogens with zero attached hydrogens (tertiary/aromatic N) is 3. The molecule has 0 N–H and O–H groups in total. The Labute approximate surface area is 233 Å². The molecule has 1 amide bonds. The summed E-state index contributed by atoms with van der Waals surface area (Å²) in [4.78, 5) is 17.3. The summed E-state index contributed by atoms with van der Waals surface area (Å²) < 4.78 is 39.3. The maximum absolute atomic E-state index is 13.8. The molecular formula is C27H29Cl2N3O5S. The summed E-state index contributed by atoms with van der Waals surface area (Å²) in [6.07, 6.45) is 0. The second-order valence-corrected chi connectivity index (χ2v) is 11.5. The number of amides is 1. The van der Waals surface area contributed by atoms with Crippen molar-refractivity contribution < 1.29 is 22.7 Å². The summed E-state index contributed by atoms with van der Waals surface area (Å²) in [7, 11) is -1.24. The normalized spacial score (nSPS) is 13.8. The predicted octanol–water partition coefficient (Wildman–Crippen LogP) is 4.86. The average Bonchev–Trinajstić information content (AvgIpc) is 2.93. The number of anilines is 2. The van der Waals surface area contributed by atoms with Gasteiger partial charge in [0.25, 0.3) is 10.0 Å². The molecule has 3 aromatic rings. The summed E-state index contributed by atoms with van der Waals surface area (Å²) in [5.41, 5.74) is 2.46. The van der Waals surface area contributed by atoms with Crippen molar-refractivity contribution in [2.75, 3.05) is 56.1 Å². The zero-order valence-electron chi connectivity index (χ0n) is 21.4. The van der Waals surface area contributed by atoms with E-state index in [-0.39, 0.29) is 23.1 Å². The van der Waals surface area contributed by atoms with Crippen LogP contribution in [0.4, 0.5) is 11.4 Å². The van der Waals surface area contributed by atoms with E-state index in [0.29, 0.717) is 47.7 Å². The highest BCUT2D eigenvalue weighted by atomic mass is 35.5. The van der Waals surface area contributed by atoms with E-state index >= 15 is 0 Å². The second-order valence-electron chi connectivity index (χ2n) is 8.80. The van der Waals surface area contributed by atoms with Crippen LogP contribution in [0, 0.1) is 6.92 Å². The van der Waals surface area contributed by atoms with Crippen LogP contribution < -0.4 is 18.7 Å². The van der Waals surface area contributed by atoms with E-state index in [0.717, 1.165) is 15.6 Å². The van der Waals surface area contributed by atoms with Crippen molar-refractivity contribution in [3.63, 3.8) is 0 Å². The van der Waals surface area contributed by atoms with Gasteiger partial charge in [-0.3, -0.25) is 9.10 Å². The van der Waals surface area contributed by atoms with Gasteiger partial charge in [-0.25, -0.2) is 8.42 Å². The minimum atomic E-state index is -4.14. The van der Waals surface area contributed by atoms with Gasteiger partial charge in [0.1, 0.15) is 6.54 Å². The molecule has 3 aromatic carbocycles. The molecule has 0 radical (unpaired) electrons. The first-order chi connectivity index (χ1) is 18.1. The SMILES string of the molecule is COc1ccc(S(=O)(=O)N(CC(=O)N2CCN(c3cc(Cl)ccc3C)CC2)c2ccc(Cl)cc2)cc1OC. The number of ether oxygens (including phenoxy) is 2. The first-order valence-electron chi connectivity index (χ1n) is 11.9. The Hall–Kier alpha value is -3.14. The number of hydrogen-bond donors (Lipinski definition) is 0. The molecule has 0 bridgehead atoms. The van der Waals surface area contributed by atoms with E-state index in [2.05, 4.69) is 4.90 Å². The number of aryl methyl sites for hydroxylation is 1. The van der Waals surface area contributed by atoms with E-state index in [1.807, 2.05) is 25.1 Å². The van der Waals surface area contributed by atoms with Gasteiger partial charge in [-0.15, -0.1) is 0 Å². The van der Waals surface area contributed by atoms with Gasteiger partial charge < -0.3 is 19.3 Å². The minimum Gasteiger partial charge on any atom is -0.493 e. The third-order valence-electron chi connectivity index (χ3n) is 6.48. The molecule has 1 aliphatic rings. The number of carbonyl (C=O) groups is 1. The van der Waals surface area contributed by atoms with Crippen molar-refractivity contribution >= 4 is 50.5 Å². The molecule has 11 heteroatoms. The Kier molecular flexibility index (Phi) is 8.60. The molecule has 1 fully saturated rings. The summed E-state index contributed by atoms with van der Waals surface area (Å²) >= 11 is 12.2. The molecule has 0 aliphatic carbocycles. The molecule has 0 atom stereocenters. The van der Waals surface area contributed by atoms with Crippen molar-refractivity contribution in [2.45, 2.75) is 11.8 Å². The largest absolute Gasteiger partial charge is 0.493 e. The number of hydrogen-bond acceptors (Lipinski definition) is 6. The number of rotatable bonds is 8. The first-order valence-corrected chi connectivity index (χ1v) is 14.1. The summed E-state index contributed by atoms with van der Waals surface area (Å²) in [6, 6.07) is 16.4. The molecule has 0 aromatic heterocycles. The Morgan fingerprint density at radius 3 is 2.13 bits per heavy atom. The van der Waals surface area contributed by atoms with E-state index < -0.39 is 10.0 Å². The van der Waals surface area contributed by atoms with Crippen LogP contribution in [-0.2, 0) is 14.8 Å². The Bertz CT molecular complexity index is 1410. The lowest BCUT2D eigenvalue weighted by Gasteiger charge is -2.37. The van der Waals surface area contributed by atoms with Gasteiger partial charge in [0.15, 0.2) is 11.5 Å². The summed E-state index contributed by atoms with van der Waals surface area (Å²) in [6.45, 7) is 3.78. The molecule has 1 saturated heterocycles. The third-order valence-corrected chi connectivity index (χ3v) is 8.74. The van der Waals surface area contributed by atoms with Gasteiger partial charge in [0, 0.05) is 48.0 Å². The smallest absolute Gasteiger partial charge is 0.264 e. The molecule has 0 spiro atoms. The fourth-order valence-electron chi connectivity index (χ4n) is 4.37. The van der Waals surface area contributed by atoms with Crippen LogP contribution >= 0.6 is 23.2 Å². The number of piperazine rings is 1. The van der Waals surface area contributed by atoms with Crippen molar-refractivity contribution in [1.29, 1.82) is 0 Å². The Morgan fingerprint density at radius 1 is 0.868 bits per heavy atom. The van der Waals surface area contributed by atoms with E-state index in [9.17, 15) is 13.2 Å². The van der Waals surface area contributed by atoms with Crippen LogP contribution in [-0.4, -0.2) is 66.2 Å². The predicted molar refractivity (Wildman–Crippen MR) is 151 cm³/mol. The van der Waals surface area contributed by atoms with E-state index in [4.69, 9.17) is 32.7 Å². The van der Waals surface area contributed by atoms with Crippen molar-refractivity contribution in [2.24, 2.45) is 0 Å². The average molecular weight is 579 g/mol. The van der Waals surface area contributed by atoms with Crippen LogP contribution in [0.5, 0.6) is 11.5 Å². The van der Waals surface area contributed by atoms with E-state index in [1.54, 1.807) is 29.2 Å². The Morgan fingerprint density at radius 2 is 1.50 bits per heavy atom. The zero-order chi connectivity index (χ0) is 27.4. The monoisotopic (exact) mass is 577 g/mol. The quantitative estimate of drug-likeness (QED) is 0.380. The lowest BCUT2D eigenvalue weighted by molar-refractivity contribution is -0.129. The highest BCUT2D eigenvalue weighted by Gasteiger charge is 2.31. The van der Waals surface area contributed by atoms with Crippen LogP contribution in [0.15, 0.2) is 65.6 Å². The van der Waals surface area contributed by atoms with Crippen LogP contribution in [0.3, 0.4) is 0 Å². The molecular weight excluding hydrogens is 549 g/mol. The van der Waals surface area contributed by atoms with E-state index in [1.165, 1.54) is 32.4 Å². The lowest BCUT2D eigenvalue weighted by atomic mass is 10.1. The number of carbonyl (C=O) groups excluding carboxylic acids is 1. The highest BCUT2D eigenvalue weighted by Crippen LogP contribution is 2.33. The van der Waals surface area contributed by atoms with Crippen molar-refractivity contribution in [1.82, 2.24) is 4.90 Å². The molecule has 38 heavy (non-hydrogen) atoms. The summed E-state index contributed by atoms with van der Waals surface area (Å²) in [5, 5.41) is 1.11. The molecule has 1 aliphatic heterocycles. The van der Waals surface area contributed by atoms with Crippen molar-refractivity contribution in [3.8, 4) is 11.5 Å². The molecule has 0 saturated carbocycles. The molecule has 1 heterocycles. The van der Waals surface area contributed by atoms with Crippen LogP contribution in [0.1, 0.15) is 5.56 Å². The molecule has 202 valence electrons. The number of sulfonamides is 1. The maximum atomic E-state index is 13.8. The fraction of sp³-hybridized carbons (Fsp3) is 0.296. The van der Waals surface area contributed by atoms with Gasteiger partial charge in [-0.2, -0.15) is 0 Å². The maximum Gasteiger partial charge on any atom is 0.264 e. The molecule has 4 rings (SSSR count). The fourth-order valence-corrected chi connectivity index (χ4v) is 6.09. The van der Waals surface area contributed by atoms with Gasteiger partial charge in [-0.1, -0.05) is 29.3 Å². The number of benzene rings is 3. The number of methoxy groups -OCH3 is 2. The van der Waals surface area contributed by atoms with Crippen LogP contribution in [0.2, 0.25) is 10.0 Å². The standard InChI is InChI=1S/C27H29Cl2N3O5S/c1-19-4-5-21(29)16-24(19)30-12-14-31(15-13-30)27(33)18-32(22-8-6-20(28)7-9-22)38(34,35)23-10-11-25(36-2)26(17-23)37-3/h4-11,16-17H,12-15,18H2,1-3H3. The van der Waals surface area contributed by atoms with Crippen LogP contribution in [0.25, 0.3) is 0 Å². The van der Waals surface area contributed by atoms with Gasteiger partial charge in [0.2, 0.25) is 5.91 Å². The Balaban J connectivity index is 1.57. The van der Waals surface area contributed by atoms with Gasteiger partial charge >= 0.3 is 0 Å². The lowest BCUT2D eigenvalue weighted by Crippen LogP contribution is -2.52. The van der Waals surface area contributed by atoms with Crippen molar-refractivity contribution in [3.05, 3.63) is 76.3 Å². The summed E-state index contributed by atoms with van der Waals surface area (Å²) in [5.74, 6) is 0.364. The third kappa shape index (κ3) is 5.95. The zero-order valence-corrected chi connectivity index (χ0v) is 23.7. The second kappa shape index (κ2) is 11.7. The minimum absolute atomic E-state index is 0.0286. The first kappa shape index (κ1) is 27.9. The van der Waals surface area contributed by atoms with Gasteiger partial charge in [0.05, 0.1) is 24.8 Å². The highest BCUT2D eigenvalue weighted by molar-refractivity contribution is 7.92. The van der Waals surface area contributed by atoms with Gasteiger partial charge in [-0.05, 0) is 61.0 Å². The topological polar surface area (TPSA) is 79.4 Å². The molecule has 8 nitrogen and oxygen atoms in total. The molecule has 0 unspecified atom stereocenters.